The second-order valence-electron chi connectivity index (χ2n) is 5.45. The van der Waals surface area contributed by atoms with Gasteiger partial charge in [0.25, 0.3) is 5.52 Å². The molecule has 6 heteroatoms. The zero-order chi connectivity index (χ0) is 16.5. The summed E-state index contributed by atoms with van der Waals surface area (Å²) in [5.74, 6) is 0. The third-order valence-electron chi connectivity index (χ3n) is 3.81. The molecule has 0 aliphatic carbocycles. The Kier molecular flexibility index (Phi) is 5.28. The second kappa shape index (κ2) is 7.44. The van der Waals surface area contributed by atoms with Gasteiger partial charge in [0.2, 0.25) is 0 Å². The summed E-state index contributed by atoms with van der Waals surface area (Å²) in [5.41, 5.74) is 2.71. The number of aromatic nitrogens is 2. The van der Waals surface area contributed by atoms with Crippen molar-refractivity contribution in [2.75, 3.05) is 0 Å². The summed E-state index contributed by atoms with van der Waals surface area (Å²) in [6.45, 7) is 0.426. The summed E-state index contributed by atoms with van der Waals surface area (Å²) in [5, 5.41) is 7.79. The van der Waals surface area contributed by atoms with Gasteiger partial charge in [-0.25, -0.2) is 4.84 Å². The summed E-state index contributed by atoms with van der Waals surface area (Å²) in [6.07, 6.45) is 0. The Hall–Kier alpha value is -2.07. The van der Waals surface area contributed by atoms with Gasteiger partial charge in [0, 0.05) is 21.5 Å². The molecule has 3 aromatic carbocycles. The van der Waals surface area contributed by atoms with Gasteiger partial charge in [0.1, 0.15) is 10.4 Å². The van der Waals surface area contributed by atoms with Crippen molar-refractivity contribution >= 4 is 45.0 Å². The van der Waals surface area contributed by atoms with Crippen LogP contribution >= 0.6 is 23.2 Å². The minimum atomic E-state index is 0. The molecule has 1 heterocycles. The van der Waals surface area contributed by atoms with E-state index in [4.69, 9.17) is 28.0 Å². The summed E-state index contributed by atoms with van der Waals surface area (Å²) in [4.78, 5) is 7.46. The lowest BCUT2D eigenvalue weighted by Crippen LogP contribution is -3.00. The average Bonchev–Trinajstić information content (AvgIpc) is 2.61. The Balaban J connectivity index is 0.00000182. The van der Waals surface area contributed by atoms with Crippen molar-refractivity contribution in [3.8, 4) is 0 Å². The molecule has 1 aromatic heterocycles. The number of fused-ring (bicyclic) bond motifs is 3. The van der Waals surface area contributed by atoms with Gasteiger partial charge in [0.15, 0.2) is 6.61 Å². The van der Waals surface area contributed by atoms with Crippen LogP contribution in [0.25, 0.3) is 21.8 Å². The van der Waals surface area contributed by atoms with Crippen molar-refractivity contribution in [1.82, 2.24) is 5.10 Å². The average molecular weight is 392 g/mol. The standard InChI is InChI=1S/C19H13Cl2N2O.ClH/c20-14-6-8-18-16(10-14)17-11-15(21)7-9-19(17)23(22-18)24-12-13-4-2-1-3-5-13;/h1-11H,12H2;1H/q+1;/p-1. The number of hydrogen-bond donors (Lipinski definition) is 0. The largest absolute Gasteiger partial charge is 1.00 e. The van der Waals surface area contributed by atoms with Crippen LogP contribution in [-0.4, -0.2) is 5.10 Å². The summed E-state index contributed by atoms with van der Waals surface area (Å²) in [6, 6.07) is 21.2. The smallest absolute Gasteiger partial charge is 0.297 e. The van der Waals surface area contributed by atoms with Crippen LogP contribution in [0.15, 0.2) is 66.7 Å². The van der Waals surface area contributed by atoms with Gasteiger partial charge in [-0.2, -0.15) is 0 Å². The van der Waals surface area contributed by atoms with E-state index in [1.165, 1.54) is 0 Å². The first-order valence-electron chi connectivity index (χ1n) is 7.49. The number of rotatable bonds is 3. The molecule has 0 saturated heterocycles. The minimum Gasteiger partial charge on any atom is -1.00 e. The molecule has 0 saturated carbocycles. The predicted molar refractivity (Wildman–Crippen MR) is 96.2 cm³/mol. The third kappa shape index (κ3) is 3.64. The lowest BCUT2D eigenvalue weighted by Gasteiger charge is -2.04. The van der Waals surface area contributed by atoms with E-state index in [0.29, 0.717) is 16.7 Å². The first kappa shape index (κ1) is 17.7. The van der Waals surface area contributed by atoms with E-state index in [1.54, 1.807) is 4.85 Å². The summed E-state index contributed by atoms with van der Waals surface area (Å²) >= 11 is 12.3. The fourth-order valence-electron chi connectivity index (χ4n) is 2.66. The molecule has 0 bridgehead atoms. The van der Waals surface area contributed by atoms with Crippen LogP contribution in [0, 0.1) is 0 Å². The van der Waals surface area contributed by atoms with Gasteiger partial charge in [-0.1, -0.05) is 53.5 Å². The maximum atomic E-state index is 6.18. The molecule has 0 fully saturated rings. The number of hydrogen-bond acceptors (Lipinski definition) is 2. The van der Waals surface area contributed by atoms with Gasteiger partial charge >= 0.3 is 0 Å². The van der Waals surface area contributed by atoms with Crippen LogP contribution in [0.1, 0.15) is 5.56 Å². The van der Waals surface area contributed by atoms with Crippen molar-refractivity contribution < 1.29 is 22.1 Å². The number of nitrogens with zero attached hydrogens (tertiary/aromatic N) is 2. The van der Waals surface area contributed by atoms with E-state index in [-0.39, 0.29) is 12.4 Å². The van der Waals surface area contributed by atoms with E-state index in [2.05, 4.69) is 5.10 Å². The molecule has 0 atom stereocenters. The van der Waals surface area contributed by atoms with E-state index in [1.807, 2.05) is 66.7 Å². The minimum absolute atomic E-state index is 0. The normalized spacial score (nSPS) is 10.6. The lowest BCUT2D eigenvalue weighted by atomic mass is 10.1. The second-order valence-corrected chi connectivity index (χ2v) is 6.33. The zero-order valence-corrected chi connectivity index (χ0v) is 15.3. The van der Waals surface area contributed by atoms with Crippen LogP contribution in [0.2, 0.25) is 10.0 Å². The highest BCUT2D eigenvalue weighted by Crippen LogP contribution is 2.26. The van der Waals surface area contributed by atoms with Gasteiger partial charge in [0.05, 0.1) is 10.5 Å². The Bertz CT molecular complexity index is 1040. The zero-order valence-electron chi connectivity index (χ0n) is 13.0. The first-order chi connectivity index (χ1) is 11.7. The van der Waals surface area contributed by atoms with Crippen molar-refractivity contribution in [1.29, 1.82) is 0 Å². The van der Waals surface area contributed by atoms with Gasteiger partial charge in [-0.3, -0.25) is 0 Å². The van der Waals surface area contributed by atoms with Crippen LogP contribution < -0.4 is 22.1 Å². The summed E-state index contributed by atoms with van der Waals surface area (Å²) in [7, 11) is 0. The van der Waals surface area contributed by atoms with Gasteiger partial charge < -0.3 is 12.4 Å². The SMILES string of the molecule is Clc1ccc2n[n+](OCc3ccccc3)c3ccc(Cl)cc3c2c1.[Cl-]. The Morgan fingerprint density at radius 2 is 1.52 bits per heavy atom. The maximum Gasteiger partial charge on any atom is 0.297 e. The van der Waals surface area contributed by atoms with Crippen molar-refractivity contribution in [3.63, 3.8) is 0 Å². The molecule has 0 N–H and O–H groups in total. The van der Waals surface area contributed by atoms with Crippen LogP contribution in [-0.2, 0) is 6.61 Å². The van der Waals surface area contributed by atoms with Crippen LogP contribution in [0.5, 0.6) is 0 Å². The monoisotopic (exact) mass is 390 g/mol. The Labute approximate surface area is 161 Å². The molecule has 0 radical (unpaired) electrons. The van der Waals surface area contributed by atoms with Crippen molar-refractivity contribution in [2.24, 2.45) is 0 Å². The molecule has 0 spiro atoms. The fourth-order valence-corrected chi connectivity index (χ4v) is 3.01. The Morgan fingerprint density at radius 1 is 0.840 bits per heavy atom. The molecule has 3 nitrogen and oxygen atoms in total. The van der Waals surface area contributed by atoms with E-state index >= 15 is 0 Å². The fraction of sp³-hybridized carbons (Fsp3) is 0.0526. The molecule has 0 unspecified atom stereocenters. The number of halogens is 3. The molecule has 4 aromatic rings. The van der Waals surface area contributed by atoms with Crippen LogP contribution in [0.3, 0.4) is 0 Å². The highest BCUT2D eigenvalue weighted by Gasteiger charge is 2.18. The highest BCUT2D eigenvalue weighted by molar-refractivity contribution is 6.32. The molecule has 126 valence electrons. The van der Waals surface area contributed by atoms with Crippen LogP contribution in [0.4, 0.5) is 0 Å². The number of benzene rings is 3. The molecule has 4 rings (SSSR count). The molecule has 0 aliphatic rings. The van der Waals surface area contributed by atoms with Crippen molar-refractivity contribution in [3.05, 3.63) is 82.3 Å². The highest BCUT2D eigenvalue weighted by atomic mass is 35.5. The van der Waals surface area contributed by atoms with E-state index in [0.717, 1.165) is 27.4 Å². The van der Waals surface area contributed by atoms with Crippen molar-refractivity contribution in [2.45, 2.75) is 6.61 Å². The first-order valence-corrected chi connectivity index (χ1v) is 8.24. The maximum absolute atomic E-state index is 6.18. The van der Waals surface area contributed by atoms with Gasteiger partial charge in [-0.05, 0) is 35.9 Å². The Morgan fingerprint density at radius 3 is 2.28 bits per heavy atom. The topological polar surface area (TPSA) is 26.0 Å². The van der Waals surface area contributed by atoms with E-state index < -0.39 is 0 Å². The quantitative estimate of drug-likeness (QED) is 0.392. The lowest BCUT2D eigenvalue weighted by molar-refractivity contribution is -0.918. The molecular weight excluding hydrogens is 379 g/mol. The molecular formula is C19H13Cl3N2O. The molecule has 0 amide bonds. The van der Waals surface area contributed by atoms with E-state index in [9.17, 15) is 0 Å². The predicted octanol–water partition coefficient (Wildman–Crippen LogP) is 1.62. The summed E-state index contributed by atoms with van der Waals surface area (Å²) < 4.78 is 0. The third-order valence-corrected chi connectivity index (χ3v) is 4.28. The van der Waals surface area contributed by atoms with Gasteiger partial charge in [-0.15, -0.1) is 0 Å². The molecule has 25 heavy (non-hydrogen) atoms. The molecule has 0 aliphatic heterocycles.